The van der Waals surface area contributed by atoms with E-state index < -0.39 is 0 Å². The number of hydrogen-bond acceptors (Lipinski definition) is 4. The summed E-state index contributed by atoms with van der Waals surface area (Å²) in [5.41, 5.74) is 0. The number of methoxy groups -OCH3 is 1. The van der Waals surface area contributed by atoms with Crippen LogP contribution in [0.4, 0.5) is 4.79 Å². The van der Waals surface area contributed by atoms with Crippen molar-refractivity contribution in [2.24, 2.45) is 23.7 Å². The molecule has 23 heavy (non-hydrogen) atoms. The number of esters is 1. The normalized spacial score (nSPS) is 14.0. The van der Waals surface area contributed by atoms with E-state index in [1.165, 1.54) is 7.11 Å². The van der Waals surface area contributed by atoms with Crippen molar-refractivity contribution in [2.75, 3.05) is 20.3 Å². The maximum Gasteiger partial charge on any atom is 0.409 e. The Hall–Kier alpha value is -1.26. The lowest BCUT2D eigenvalue weighted by Crippen LogP contribution is -2.47. The molecule has 0 aromatic carbocycles. The van der Waals surface area contributed by atoms with Crippen molar-refractivity contribution in [3.63, 3.8) is 0 Å². The van der Waals surface area contributed by atoms with E-state index in [0.717, 1.165) is 0 Å². The van der Waals surface area contributed by atoms with Crippen LogP contribution >= 0.6 is 0 Å². The molecule has 0 spiro atoms. The highest BCUT2D eigenvalue weighted by Crippen LogP contribution is 2.27. The van der Waals surface area contributed by atoms with Crippen LogP contribution in [0.3, 0.4) is 0 Å². The van der Waals surface area contributed by atoms with Gasteiger partial charge in [-0.05, 0) is 31.1 Å². The van der Waals surface area contributed by atoms with Crippen LogP contribution < -0.4 is 0 Å². The van der Waals surface area contributed by atoms with Crippen LogP contribution in [-0.4, -0.2) is 43.3 Å². The third-order valence-electron chi connectivity index (χ3n) is 4.03. The first kappa shape index (κ1) is 21.7. The Morgan fingerprint density at radius 2 is 1.57 bits per heavy atom. The Labute approximate surface area is 141 Å². The van der Waals surface area contributed by atoms with E-state index in [9.17, 15) is 9.59 Å². The van der Waals surface area contributed by atoms with Gasteiger partial charge in [0, 0.05) is 12.6 Å². The number of rotatable bonds is 9. The van der Waals surface area contributed by atoms with Crippen molar-refractivity contribution in [1.29, 1.82) is 0 Å². The van der Waals surface area contributed by atoms with Gasteiger partial charge in [0.2, 0.25) is 0 Å². The Kier molecular flexibility index (Phi) is 9.93. The Morgan fingerprint density at radius 3 is 1.91 bits per heavy atom. The van der Waals surface area contributed by atoms with Gasteiger partial charge in [-0.15, -0.1) is 0 Å². The zero-order chi connectivity index (χ0) is 18.2. The number of nitrogens with zero attached hydrogens (tertiary/aromatic N) is 1. The predicted molar refractivity (Wildman–Crippen MR) is 92.2 cm³/mol. The maximum atomic E-state index is 12.3. The van der Waals surface area contributed by atoms with Crippen LogP contribution in [0, 0.1) is 23.7 Å². The summed E-state index contributed by atoms with van der Waals surface area (Å²) in [7, 11) is 1.40. The van der Waals surface area contributed by atoms with Crippen molar-refractivity contribution < 1.29 is 19.1 Å². The number of carbonyl (C=O) groups is 2. The largest absolute Gasteiger partial charge is 0.466 e. The molecule has 0 aliphatic rings. The summed E-state index contributed by atoms with van der Waals surface area (Å²) in [5, 5.41) is 0. The minimum absolute atomic E-state index is 0.0540. The van der Waals surface area contributed by atoms with Crippen LogP contribution in [0.15, 0.2) is 0 Å². The fraction of sp³-hybridized carbons (Fsp3) is 0.889. The van der Waals surface area contributed by atoms with E-state index in [-0.39, 0.29) is 35.9 Å². The standard InChI is InChI=1S/C18H35NO4/c1-9-23-17(20)15(13(4)5)10-16(14(6)7)19(11-12(2)3)18(21)22-8/h12-16H,9-11H2,1-8H3. The molecule has 0 bridgehead atoms. The molecule has 1 amide bonds. The van der Waals surface area contributed by atoms with Gasteiger partial charge in [-0.2, -0.15) is 0 Å². The first-order chi connectivity index (χ1) is 10.6. The minimum atomic E-state index is -0.330. The van der Waals surface area contributed by atoms with Crippen molar-refractivity contribution in [3.05, 3.63) is 0 Å². The molecule has 0 N–H and O–H groups in total. The van der Waals surface area contributed by atoms with Gasteiger partial charge >= 0.3 is 12.1 Å². The lowest BCUT2D eigenvalue weighted by atomic mass is 9.84. The van der Waals surface area contributed by atoms with Gasteiger partial charge in [0.1, 0.15) is 0 Å². The van der Waals surface area contributed by atoms with Crippen LogP contribution in [-0.2, 0) is 14.3 Å². The molecule has 0 radical (unpaired) electrons. The van der Waals surface area contributed by atoms with Gasteiger partial charge in [-0.3, -0.25) is 4.79 Å². The zero-order valence-corrected chi connectivity index (χ0v) is 16.1. The average Bonchev–Trinajstić information content (AvgIpc) is 2.44. The molecule has 0 heterocycles. The molecule has 0 saturated heterocycles. The topological polar surface area (TPSA) is 55.8 Å². The molecule has 0 saturated carbocycles. The van der Waals surface area contributed by atoms with E-state index in [2.05, 4.69) is 27.7 Å². The highest BCUT2D eigenvalue weighted by atomic mass is 16.5. The van der Waals surface area contributed by atoms with E-state index in [0.29, 0.717) is 25.5 Å². The van der Waals surface area contributed by atoms with E-state index in [4.69, 9.17) is 9.47 Å². The molecule has 2 atom stereocenters. The third kappa shape index (κ3) is 7.23. The zero-order valence-electron chi connectivity index (χ0n) is 16.1. The molecular weight excluding hydrogens is 294 g/mol. The molecule has 136 valence electrons. The first-order valence-electron chi connectivity index (χ1n) is 8.66. The fourth-order valence-corrected chi connectivity index (χ4v) is 2.77. The highest BCUT2D eigenvalue weighted by Gasteiger charge is 2.34. The Morgan fingerprint density at radius 1 is 1.00 bits per heavy atom. The molecule has 5 nitrogen and oxygen atoms in total. The maximum absolute atomic E-state index is 12.3. The quantitative estimate of drug-likeness (QED) is 0.601. The third-order valence-corrected chi connectivity index (χ3v) is 4.03. The highest BCUT2D eigenvalue weighted by molar-refractivity contribution is 5.73. The van der Waals surface area contributed by atoms with Gasteiger partial charge in [0.05, 0.1) is 19.6 Å². The average molecular weight is 329 g/mol. The van der Waals surface area contributed by atoms with E-state index in [1.54, 1.807) is 4.90 Å². The number of ether oxygens (including phenoxy) is 2. The molecular formula is C18H35NO4. The lowest BCUT2D eigenvalue weighted by Gasteiger charge is -2.37. The second kappa shape index (κ2) is 10.5. The van der Waals surface area contributed by atoms with Gasteiger partial charge in [0.15, 0.2) is 0 Å². The second-order valence-electron chi connectivity index (χ2n) is 7.17. The number of amides is 1. The van der Waals surface area contributed by atoms with Crippen LogP contribution in [0.2, 0.25) is 0 Å². The van der Waals surface area contributed by atoms with E-state index in [1.807, 2.05) is 20.8 Å². The van der Waals surface area contributed by atoms with Crippen molar-refractivity contribution in [3.8, 4) is 0 Å². The van der Waals surface area contributed by atoms with Crippen molar-refractivity contribution in [1.82, 2.24) is 4.90 Å². The van der Waals surface area contributed by atoms with Gasteiger partial charge < -0.3 is 14.4 Å². The second-order valence-corrected chi connectivity index (χ2v) is 7.17. The summed E-state index contributed by atoms with van der Waals surface area (Å²) < 4.78 is 10.2. The van der Waals surface area contributed by atoms with Gasteiger partial charge in [-0.25, -0.2) is 4.79 Å². The molecule has 2 unspecified atom stereocenters. The molecule has 0 aliphatic carbocycles. The summed E-state index contributed by atoms with van der Waals surface area (Å²) in [6, 6.07) is -0.0540. The monoisotopic (exact) mass is 329 g/mol. The summed E-state index contributed by atoms with van der Waals surface area (Å²) in [6.07, 6.45) is 0.263. The van der Waals surface area contributed by atoms with Gasteiger partial charge in [-0.1, -0.05) is 41.5 Å². The van der Waals surface area contributed by atoms with Crippen LogP contribution in [0.5, 0.6) is 0 Å². The summed E-state index contributed by atoms with van der Waals surface area (Å²) in [6.45, 7) is 15.1. The molecule has 0 aromatic rings. The minimum Gasteiger partial charge on any atom is -0.466 e. The molecule has 0 aromatic heterocycles. The van der Waals surface area contributed by atoms with E-state index >= 15 is 0 Å². The summed E-state index contributed by atoms with van der Waals surface area (Å²) in [4.78, 5) is 26.3. The van der Waals surface area contributed by atoms with Gasteiger partial charge in [0.25, 0.3) is 0 Å². The predicted octanol–water partition coefficient (Wildman–Crippen LogP) is 3.96. The first-order valence-corrected chi connectivity index (χ1v) is 8.66. The molecule has 0 fully saturated rings. The SMILES string of the molecule is CCOC(=O)C(CC(C(C)C)N(CC(C)C)C(=O)OC)C(C)C. The summed E-state index contributed by atoms with van der Waals surface area (Å²) >= 11 is 0. The lowest BCUT2D eigenvalue weighted by molar-refractivity contribution is -0.150. The Balaban J connectivity index is 5.38. The Bertz CT molecular complexity index is 366. The van der Waals surface area contributed by atoms with Crippen LogP contribution in [0.25, 0.3) is 0 Å². The molecule has 0 aliphatic heterocycles. The van der Waals surface area contributed by atoms with Crippen molar-refractivity contribution >= 4 is 12.1 Å². The van der Waals surface area contributed by atoms with Crippen molar-refractivity contribution in [2.45, 2.75) is 60.9 Å². The summed E-state index contributed by atoms with van der Waals surface area (Å²) in [5.74, 6) is 0.317. The molecule has 5 heteroatoms. The fourth-order valence-electron chi connectivity index (χ4n) is 2.77. The smallest absolute Gasteiger partial charge is 0.409 e. The molecule has 0 rings (SSSR count). The number of carbonyl (C=O) groups excluding carboxylic acids is 2. The number of hydrogen-bond donors (Lipinski definition) is 0. The van der Waals surface area contributed by atoms with Crippen LogP contribution in [0.1, 0.15) is 54.9 Å².